The molecule has 0 unspecified atom stereocenters. The zero-order chi connectivity index (χ0) is 21.1. The van der Waals surface area contributed by atoms with Crippen LogP contribution in [0.1, 0.15) is 18.1 Å². The van der Waals surface area contributed by atoms with Crippen LogP contribution in [0.25, 0.3) is 0 Å². The van der Waals surface area contributed by atoms with Crippen molar-refractivity contribution in [2.45, 2.75) is 19.9 Å². The third kappa shape index (κ3) is 7.47. The van der Waals surface area contributed by atoms with E-state index in [1.54, 1.807) is 28.4 Å². The van der Waals surface area contributed by atoms with Gasteiger partial charge < -0.3 is 29.6 Å². The zero-order valence-electron chi connectivity index (χ0n) is 18.3. The lowest BCUT2D eigenvalue weighted by molar-refractivity contribution is 0.369. The summed E-state index contributed by atoms with van der Waals surface area (Å²) in [5.41, 5.74) is 2.09. The van der Waals surface area contributed by atoms with Crippen LogP contribution >= 0.6 is 24.0 Å². The molecular formula is C22H32IN3O4. The third-order valence-electron chi connectivity index (χ3n) is 4.42. The van der Waals surface area contributed by atoms with Gasteiger partial charge in [-0.25, -0.2) is 4.99 Å². The maximum Gasteiger partial charge on any atom is 0.191 e. The number of nitrogens with one attached hydrogen (secondary N) is 2. The molecule has 2 aromatic rings. The first-order valence-electron chi connectivity index (χ1n) is 9.59. The van der Waals surface area contributed by atoms with Crippen LogP contribution in [0.4, 0.5) is 0 Å². The van der Waals surface area contributed by atoms with E-state index in [9.17, 15) is 0 Å². The molecule has 0 aliphatic heterocycles. The van der Waals surface area contributed by atoms with Crippen molar-refractivity contribution in [2.24, 2.45) is 4.99 Å². The lowest BCUT2D eigenvalue weighted by atomic mass is 10.1. The zero-order valence-corrected chi connectivity index (χ0v) is 20.6. The SMILES string of the molecule is CCNC(=NCc1c(OC)cc(OC)cc1OC)NCCc1ccc(OC)cc1.I. The van der Waals surface area contributed by atoms with Crippen molar-refractivity contribution in [1.82, 2.24) is 10.6 Å². The number of hydrogen-bond donors (Lipinski definition) is 2. The predicted molar refractivity (Wildman–Crippen MR) is 131 cm³/mol. The molecule has 0 spiro atoms. The Morgan fingerprint density at radius 1 is 0.833 bits per heavy atom. The lowest BCUT2D eigenvalue weighted by Gasteiger charge is -2.15. The fourth-order valence-electron chi connectivity index (χ4n) is 2.85. The molecule has 2 aromatic carbocycles. The molecule has 7 nitrogen and oxygen atoms in total. The minimum Gasteiger partial charge on any atom is -0.497 e. The van der Waals surface area contributed by atoms with E-state index in [0.717, 1.165) is 36.8 Å². The molecule has 0 radical (unpaired) electrons. The van der Waals surface area contributed by atoms with Crippen molar-refractivity contribution in [3.8, 4) is 23.0 Å². The number of ether oxygens (including phenoxy) is 4. The van der Waals surface area contributed by atoms with Crippen LogP contribution in [-0.2, 0) is 13.0 Å². The van der Waals surface area contributed by atoms with E-state index in [4.69, 9.17) is 18.9 Å². The van der Waals surface area contributed by atoms with Crippen molar-refractivity contribution in [1.29, 1.82) is 0 Å². The van der Waals surface area contributed by atoms with Crippen molar-refractivity contribution < 1.29 is 18.9 Å². The Kier molecular flexibility index (Phi) is 11.8. The molecule has 0 aliphatic carbocycles. The molecule has 0 amide bonds. The second-order valence-electron chi connectivity index (χ2n) is 6.23. The van der Waals surface area contributed by atoms with Gasteiger partial charge >= 0.3 is 0 Å². The van der Waals surface area contributed by atoms with Gasteiger partial charge in [-0.1, -0.05) is 12.1 Å². The van der Waals surface area contributed by atoms with E-state index in [0.29, 0.717) is 23.8 Å². The molecular weight excluding hydrogens is 497 g/mol. The fraction of sp³-hybridized carbons (Fsp3) is 0.409. The quantitative estimate of drug-likeness (QED) is 0.278. The predicted octanol–water partition coefficient (Wildman–Crippen LogP) is 3.64. The van der Waals surface area contributed by atoms with E-state index >= 15 is 0 Å². The fourth-order valence-corrected chi connectivity index (χ4v) is 2.85. The summed E-state index contributed by atoms with van der Waals surface area (Å²) in [5.74, 6) is 3.63. The second kappa shape index (κ2) is 13.8. The standard InChI is InChI=1S/C22H31N3O4.HI/c1-6-23-22(24-12-11-16-7-9-17(26-2)10-8-16)25-15-19-20(28-4)13-18(27-3)14-21(19)29-5;/h7-10,13-14H,6,11-12,15H2,1-5H3,(H2,23,24,25);1H. The highest BCUT2D eigenvalue weighted by molar-refractivity contribution is 14.0. The average Bonchev–Trinajstić information content (AvgIpc) is 2.77. The summed E-state index contributed by atoms with van der Waals surface area (Å²) < 4.78 is 21.5. The van der Waals surface area contributed by atoms with Gasteiger partial charge in [-0.05, 0) is 31.0 Å². The van der Waals surface area contributed by atoms with Gasteiger partial charge in [0, 0.05) is 25.2 Å². The van der Waals surface area contributed by atoms with Gasteiger partial charge in [-0.3, -0.25) is 0 Å². The lowest BCUT2D eigenvalue weighted by Crippen LogP contribution is -2.38. The highest BCUT2D eigenvalue weighted by atomic mass is 127. The van der Waals surface area contributed by atoms with Crippen LogP contribution in [0, 0.1) is 0 Å². The summed E-state index contributed by atoms with van der Waals surface area (Å²) in [7, 11) is 6.53. The number of benzene rings is 2. The van der Waals surface area contributed by atoms with Crippen LogP contribution in [0.5, 0.6) is 23.0 Å². The number of guanidine groups is 1. The second-order valence-corrected chi connectivity index (χ2v) is 6.23. The van der Waals surface area contributed by atoms with Gasteiger partial charge in [0.1, 0.15) is 23.0 Å². The minimum absolute atomic E-state index is 0. The van der Waals surface area contributed by atoms with Crippen molar-refractivity contribution in [2.75, 3.05) is 41.5 Å². The summed E-state index contributed by atoms with van der Waals surface area (Å²) in [6.45, 7) is 3.98. The van der Waals surface area contributed by atoms with Crippen LogP contribution in [0.15, 0.2) is 41.4 Å². The monoisotopic (exact) mass is 529 g/mol. The van der Waals surface area contributed by atoms with Gasteiger partial charge in [0.25, 0.3) is 0 Å². The molecule has 0 aliphatic rings. The van der Waals surface area contributed by atoms with E-state index < -0.39 is 0 Å². The molecule has 2 N–H and O–H groups in total. The molecule has 0 fully saturated rings. The first kappa shape index (κ1) is 25.7. The van der Waals surface area contributed by atoms with Crippen molar-refractivity contribution >= 4 is 29.9 Å². The van der Waals surface area contributed by atoms with Crippen LogP contribution in [0.2, 0.25) is 0 Å². The minimum atomic E-state index is 0. The normalized spacial score (nSPS) is 10.6. The summed E-state index contributed by atoms with van der Waals surface area (Å²) in [5, 5.41) is 6.63. The summed E-state index contributed by atoms with van der Waals surface area (Å²) >= 11 is 0. The smallest absolute Gasteiger partial charge is 0.191 e. The summed E-state index contributed by atoms with van der Waals surface area (Å²) in [4.78, 5) is 4.69. The Morgan fingerprint density at radius 2 is 1.43 bits per heavy atom. The number of hydrogen-bond acceptors (Lipinski definition) is 5. The molecule has 30 heavy (non-hydrogen) atoms. The molecule has 0 heterocycles. The Morgan fingerprint density at radius 3 is 1.93 bits per heavy atom. The molecule has 2 rings (SSSR count). The molecule has 166 valence electrons. The first-order chi connectivity index (χ1) is 14.1. The maximum absolute atomic E-state index is 5.50. The molecule has 0 saturated carbocycles. The van der Waals surface area contributed by atoms with Gasteiger partial charge in [-0.2, -0.15) is 0 Å². The maximum atomic E-state index is 5.50. The number of methoxy groups -OCH3 is 4. The molecule has 0 saturated heterocycles. The molecule has 8 heteroatoms. The number of halogens is 1. The average molecular weight is 529 g/mol. The van der Waals surface area contributed by atoms with Crippen LogP contribution < -0.4 is 29.6 Å². The topological polar surface area (TPSA) is 73.3 Å². The van der Waals surface area contributed by atoms with E-state index in [2.05, 4.69) is 27.8 Å². The number of aliphatic imine (C=N–C) groups is 1. The molecule has 0 atom stereocenters. The van der Waals surface area contributed by atoms with Gasteiger partial charge in [-0.15, -0.1) is 24.0 Å². The Hall–Kier alpha value is -2.36. The molecule has 0 aromatic heterocycles. The van der Waals surface area contributed by atoms with Crippen molar-refractivity contribution in [3.05, 3.63) is 47.5 Å². The van der Waals surface area contributed by atoms with Crippen LogP contribution in [-0.4, -0.2) is 47.5 Å². The van der Waals surface area contributed by atoms with E-state index in [1.165, 1.54) is 5.56 Å². The first-order valence-corrected chi connectivity index (χ1v) is 9.59. The Bertz CT molecular complexity index is 772. The Labute approximate surface area is 196 Å². The molecule has 0 bridgehead atoms. The number of nitrogens with zero attached hydrogens (tertiary/aromatic N) is 1. The van der Waals surface area contributed by atoms with Gasteiger partial charge in [0.15, 0.2) is 5.96 Å². The highest BCUT2D eigenvalue weighted by Gasteiger charge is 2.13. The summed E-state index contributed by atoms with van der Waals surface area (Å²) in [6, 6.07) is 11.7. The van der Waals surface area contributed by atoms with E-state index in [1.807, 2.05) is 31.2 Å². The number of rotatable bonds is 10. The van der Waals surface area contributed by atoms with Gasteiger partial charge in [0.05, 0.1) is 40.5 Å². The van der Waals surface area contributed by atoms with Crippen LogP contribution in [0.3, 0.4) is 0 Å². The van der Waals surface area contributed by atoms with E-state index in [-0.39, 0.29) is 24.0 Å². The summed E-state index contributed by atoms with van der Waals surface area (Å²) in [6.07, 6.45) is 0.879. The van der Waals surface area contributed by atoms with Crippen molar-refractivity contribution in [3.63, 3.8) is 0 Å². The third-order valence-corrected chi connectivity index (χ3v) is 4.42. The Balaban J connectivity index is 0.00000450. The highest BCUT2D eigenvalue weighted by Crippen LogP contribution is 2.34. The largest absolute Gasteiger partial charge is 0.497 e. The van der Waals surface area contributed by atoms with Gasteiger partial charge in [0.2, 0.25) is 0 Å².